The zero-order valence-corrected chi connectivity index (χ0v) is 19.3. The number of carbonyl (C=O) groups is 1. The molecule has 3 aromatic rings. The molecule has 7 nitrogen and oxygen atoms in total. The maximum Gasteiger partial charge on any atom is 0.242 e. The van der Waals surface area contributed by atoms with Gasteiger partial charge in [0.2, 0.25) is 5.91 Å². The van der Waals surface area contributed by atoms with Crippen LogP contribution in [0.4, 0.5) is 15.9 Å². The molecular weight excluding hydrogens is 431 g/mol. The number of likely N-dealkylation sites (tertiary alicyclic amines) is 1. The van der Waals surface area contributed by atoms with Crippen molar-refractivity contribution in [2.75, 3.05) is 30.4 Å². The number of carbonyl (C=O) groups excluding carboxylic acids is 1. The van der Waals surface area contributed by atoms with Crippen LogP contribution < -0.4 is 10.2 Å². The molecule has 3 heterocycles. The first kappa shape index (κ1) is 22.0. The Morgan fingerprint density at radius 2 is 1.94 bits per heavy atom. The minimum atomic E-state index is -0.829. The van der Waals surface area contributed by atoms with Gasteiger partial charge in [-0.25, -0.2) is 14.4 Å². The van der Waals surface area contributed by atoms with E-state index in [-0.39, 0.29) is 24.2 Å². The number of nitriles is 1. The van der Waals surface area contributed by atoms with Crippen molar-refractivity contribution in [3.05, 3.63) is 82.6 Å². The number of para-hydroxylation sites is 1. The van der Waals surface area contributed by atoms with Crippen molar-refractivity contribution in [2.24, 2.45) is 0 Å². The first-order valence-corrected chi connectivity index (χ1v) is 11.2. The third-order valence-electron chi connectivity index (χ3n) is 6.91. The van der Waals surface area contributed by atoms with E-state index in [1.165, 1.54) is 17.3 Å². The third-order valence-corrected chi connectivity index (χ3v) is 6.91. The molecule has 34 heavy (non-hydrogen) atoms. The molecule has 0 saturated carbocycles. The van der Waals surface area contributed by atoms with Crippen LogP contribution in [-0.2, 0) is 16.8 Å². The maximum absolute atomic E-state index is 14.7. The Hall–Kier alpha value is -3.83. The summed E-state index contributed by atoms with van der Waals surface area (Å²) in [5.74, 6) is 0.0336. The quantitative estimate of drug-likeness (QED) is 0.645. The molecule has 0 bridgehead atoms. The molecule has 1 saturated heterocycles. The van der Waals surface area contributed by atoms with Gasteiger partial charge in [-0.15, -0.1) is 0 Å². The molecule has 2 aliphatic rings. The van der Waals surface area contributed by atoms with Gasteiger partial charge in [0.15, 0.2) is 0 Å². The summed E-state index contributed by atoms with van der Waals surface area (Å²) in [4.78, 5) is 26.3. The number of halogens is 1. The lowest BCUT2D eigenvalue weighted by Crippen LogP contribution is -2.68. The summed E-state index contributed by atoms with van der Waals surface area (Å²) in [6.07, 6.45) is 1.48. The van der Waals surface area contributed by atoms with Crippen LogP contribution in [-0.4, -0.2) is 40.9 Å². The van der Waals surface area contributed by atoms with E-state index in [0.717, 1.165) is 16.7 Å². The number of benzene rings is 2. The van der Waals surface area contributed by atoms with Gasteiger partial charge >= 0.3 is 0 Å². The van der Waals surface area contributed by atoms with Gasteiger partial charge in [-0.2, -0.15) is 5.26 Å². The molecule has 1 amide bonds. The summed E-state index contributed by atoms with van der Waals surface area (Å²) in [5, 5.41) is 12.9. The molecule has 1 spiro atoms. The summed E-state index contributed by atoms with van der Waals surface area (Å²) >= 11 is 0. The van der Waals surface area contributed by atoms with E-state index in [0.29, 0.717) is 30.2 Å². The fourth-order valence-electron chi connectivity index (χ4n) is 5.24. The molecular formula is C26H25FN6O. The number of aromatic nitrogens is 2. The van der Waals surface area contributed by atoms with Gasteiger partial charge in [-0.1, -0.05) is 24.3 Å². The number of nitrogens with one attached hydrogen (secondary N) is 1. The second-order valence-electron chi connectivity index (χ2n) is 9.14. The smallest absolute Gasteiger partial charge is 0.242 e. The molecule has 172 valence electrons. The lowest BCUT2D eigenvalue weighted by Gasteiger charge is -2.51. The molecule has 8 heteroatoms. The zero-order valence-electron chi connectivity index (χ0n) is 19.3. The molecule has 0 radical (unpaired) electrons. The summed E-state index contributed by atoms with van der Waals surface area (Å²) in [7, 11) is 1.95. The Morgan fingerprint density at radius 1 is 1.18 bits per heavy atom. The first-order chi connectivity index (χ1) is 16.4. The Bertz CT molecular complexity index is 1330. The van der Waals surface area contributed by atoms with Crippen LogP contribution in [0.2, 0.25) is 0 Å². The standard InChI is InChI=1S/C26H25FN6O/c1-16-18(11-28)7-6-8-19(16)17(2)31-24-20-12-33(22-10-5-4-9-21(22)27)25(34)26(13-32(3)14-26)23(20)29-15-30-24/h4-10,15,17H,12-14H2,1-3H3,(H,29,30,31)/t17-/m1/s1. The van der Waals surface area contributed by atoms with Crippen LogP contribution in [0.25, 0.3) is 0 Å². The van der Waals surface area contributed by atoms with E-state index in [4.69, 9.17) is 0 Å². The van der Waals surface area contributed by atoms with Crippen molar-refractivity contribution in [3.63, 3.8) is 0 Å². The molecule has 1 aromatic heterocycles. The van der Waals surface area contributed by atoms with Gasteiger partial charge in [0.25, 0.3) is 0 Å². The Morgan fingerprint density at radius 3 is 2.65 bits per heavy atom. The van der Waals surface area contributed by atoms with Crippen molar-refractivity contribution in [3.8, 4) is 6.07 Å². The van der Waals surface area contributed by atoms with Gasteiger partial charge in [-0.3, -0.25) is 4.79 Å². The van der Waals surface area contributed by atoms with E-state index in [9.17, 15) is 14.4 Å². The number of nitrogens with zero attached hydrogens (tertiary/aromatic N) is 5. The number of hydrogen-bond acceptors (Lipinski definition) is 6. The maximum atomic E-state index is 14.7. The average molecular weight is 457 g/mol. The van der Waals surface area contributed by atoms with E-state index < -0.39 is 11.2 Å². The minimum absolute atomic E-state index is 0.140. The number of rotatable bonds is 4. The molecule has 5 rings (SSSR count). The van der Waals surface area contributed by atoms with Crippen molar-refractivity contribution in [2.45, 2.75) is 31.8 Å². The van der Waals surface area contributed by atoms with Gasteiger partial charge < -0.3 is 15.1 Å². The number of likely N-dealkylation sites (N-methyl/N-ethyl adjacent to an activating group) is 1. The molecule has 1 N–H and O–H groups in total. The Balaban J connectivity index is 1.58. The largest absolute Gasteiger partial charge is 0.363 e. The highest BCUT2D eigenvalue weighted by Crippen LogP contribution is 2.44. The topological polar surface area (TPSA) is 85.1 Å². The van der Waals surface area contributed by atoms with Crippen LogP contribution in [0.15, 0.2) is 48.8 Å². The molecule has 2 aliphatic heterocycles. The fourth-order valence-corrected chi connectivity index (χ4v) is 5.24. The number of anilines is 2. The lowest BCUT2D eigenvalue weighted by molar-refractivity contribution is -0.131. The normalized spacial score (nSPS) is 17.6. The zero-order chi connectivity index (χ0) is 24.0. The number of amides is 1. The predicted molar refractivity (Wildman–Crippen MR) is 127 cm³/mol. The molecule has 1 atom stereocenters. The number of fused-ring (bicyclic) bond motifs is 2. The highest BCUT2D eigenvalue weighted by molar-refractivity contribution is 6.04. The van der Waals surface area contributed by atoms with E-state index in [1.54, 1.807) is 24.3 Å². The summed E-state index contributed by atoms with van der Waals surface area (Å²) in [5.41, 5.74) is 3.45. The van der Waals surface area contributed by atoms with Crippen molar-refractivity contribution in [1.82, 2.24) is 14.9 Å². The predicted octanol–water partition coefficient (Wildman–Crippen LogP) is 3.70. The van der Waals surface area contributed by atoms with Crippen LogP contribution in [0.5, 0.6) is 0 Å². The average Bonchev–Trinajstić information content (AvgIpc) is 2.81. The SMILES string of the molecule is Cc1c(C#N)cccc1[C@@H](C)Nc1ncnc2c1CN(c1ccccc1F)C(=O)C21CN(C)C1. The second-order valence-corrected chi connectivity index (χ2v) is 9.14. The van der Waals surface area contributed by atoms with Gasteiger partial charge in [0.05, 0.1) is 35.6 Å². The van der Waals surface area contributed by atoms with Crippen LogP contribution >= 0.6 is 0 Å². The summed E-state index contributed by atoms with van der Waals surface area (Å²) < 4.78 is 14.7. The summed E-state index contributed by atoms with van der Waals surface area (Å²) in [6, 6.07) is 14.1. The minimum Gasteiger partial charge on any atom is -0.363 e. The first-order valence-electron chi connectivity index (χ1n) is 11.2. The second kappa shape index (κ2) is 8.19. The van der Waals surface area contributed by atoms with Crippen molar-refractivity contribution in [1.29, 1.82) is 5.26 Å². The molecule has 2 aromatic carbocycles. The number of hydrogen-bond donors (Lipinski definition) is 1. The monoisotopic (exact) mass is 456 g/mol. The summed E-state index contributed by atoms with van der Waals surface area (Å²) in [6.45, 7) is 5.14. The van der Waals surface area contributed by atoms with Gasteiger partial charge in [0, 0.05) is 18.7 Å². The molecule has 0 unspecified atom stereocenters. The van der Waals surface area contributed by atoms with Crippen molar-refractivity contribution < 1.29 is 9.18 Å². The van der Waals surface area contributed by atoms with E-state index in [2.05, 4.69) is 26.3 Å². The Kier molecular flexibility index (Phi) is 5.29. The van der Waals surface area contributed by atoms with Gasteiger partial charge in [0.1, 0.15) is 23.4 Å². The van der Waals surface area contributed by atoms with E-state index >= 15 is 0 Å². The highest BCUT2D eigenvalue weighted by atomic mass is 19.1. The van der Waals surface area contributed by atoms with Crippen LogP contribution in [0, 0.1) is 24.1 Å². The Labute approximate surface area is 197 Å². The van der Waals surface area contributed by atoms with Crippen LogP contribution in [0.1, 0.15) is 40.9 Å². The van der Waals surface area contributed by atoms with Crippen molar-refractivity contribution >= 4 is 17.4 Å². The van der Waals surface area contributed by atoms with Crippen LogP contribution in [0.3, 0.4) is 0 Å². The third kappa shape index (κ3) is 3.32. The van der Waals surface area contributed by atoms with E-state index in [1.807, 2.05) is 33.0 Å². The highest BCUT2D eigenvalue weighted by Gasteiger charge is 2.56. The van der Waals surface area contributed by atoms with Gasteiger partial charge in [-0.05, 0) is 50.2 Å². The molecule has 0 aliphatic carbocycles. The molecule has 1 fully saturated rings. The fraction of sp³-hybridized carbons (Fsp3) is 0.308. The lowest BCUT2D eigenvalue weighted by atomic mass is 9.71.